The summed E-state index contributed by atoms with van der Waals surface area (Å²) >= 11 is 1.18. The predicted molar refractivity (Wildman–Crippen MR) is 118 cm³/mol. The first-order valence-electron chi connectivity index (χ1n) is 9.66. The molecule has 1 atom stereocenters. The molecule has 0 bridgehead atoms. The van der Waals surface area contributed by atoms with Crippen LogP contribution in [-0.2, 0) is 14.3 Å². The van der Waals surface area contributed by atoms with E-state index < -0.39 is 22.8 Å². The summed E-state index contributed by atoms with van der Waals surface area (Å²) in [5.41, 5.74) is 2.79. The Morgan fingerprint density at radius 2 is 1.97 bits per heavy atom. The number of rotatable bonds is 7. The van der Waals surface area contributed by atoms with Crippen LogP contribution >= 0.6 is 11.8 Å². The molecule has 2 aromatic rings. The monoisotopic (exact) mass is 447 g/mol. The van der Waals surface area contributed by atoms with E-state index in [0.717, 1.165) is 23.3 Å². The fourth-order valence-corrected chi connectivity index (χ4v) is 4.16. The second-order valence-electron chi connectivity index (χ2n) is 7.13. The minimum atomic E-state index is -0.877. The van der Waals surface area contributed by atoms with Crippen molar-refractivity contribution in [2.45, 2.75) is 25.5 Å². The van der Waals surface area contributed by atoms with Gasteiger partial charge in [-0.25, -0.2) is 13.8 Å². The van der Waals surface area contributed by atoms with Crippen LogP contribution in [0.1, 0.15) is 17.5 Å². The highest BCUT2D eigenvalue weighted by Gasteiger charge is 2.39. The highest BCUT2D eigenvalue weighted by atomic mass is 32.2. The second-order valence-corrected chi connectivity index (χ2v) is 8.30. The van der Waals surface area contributed by atoms with Gasteiger partial charge >= 0.3 is 0 Å². The standard InChI is InChI=1S/C22H23F2N3O3S/c1-13-4-6-16(10-14(13)2)25-22-27(8-9-30-3)21(29)19(31-22)12-20(28)26-18-7-5-15(23)11-17(18)24/h4-7,10-11,19H,8-9,12H2,1-3H3,(H,26,28). The van der Waals surface area contributed by atoms with Gasteiger partial charge in [0, 0.05) is 19.6 Å². The summed E-state index contributed by atoms with van der Waals surface area (Å²) in [6.45, 7) is 4.61. The molecule has 2 aromatic carbocycles. The van der Waals surface area contributed by atoms with Crippen molar-refractivity contribution in [2.24, 2.45) is 4.99 Å². The van der Waals surface area contributed by atoms with Gasteiger partial charge in [-0.1, -0.05) is 17.8 Å². The summed E-state index contributed by atoms with van der Waals surface area (Å²) in [5, 5.41) is 2.17. The first-order chi connectivity index (χ1) is 14.8. The predicted octanol–water partition coefficient (Wildman–Crippen LogP) is 4.19. The summed E-state index contributed by atoms with van der Waals surface area (Å²) < 4.78 is 31.9. The molecule has 164 valence electrons. The molecule has 0 saturated carbocycles. The van der Waals surface area contributed by atoms with Crippen molar-refractivity contribution < 1.29 is 23.1 Å². The van der Waals surface area contributed by atoms with E-state index in [1.165, 1.54) is 23.8 Å². The minimum Gasteiger partial charge on any atom is -0.383 e. The Bertz CT molecular complexity index is 1030. The molecule has 1 fully saturated rings. The van der Waals surface area contributed by atoms with Gasteiger partial charge in [0.15, 0.2) is 5.17 Å². The van der Waals surface area contributed by atoms with E-state index in [0.29, 0.717) is 30.1 Å². The first-order valence-corrected chi connectivity index (χ1v) is 10.5. The van der Waals surface area contributed by atoms with Crippen molar-refractivity contribution in [3.05, 3.63) is 59.2 Å². The van der Waals surface area contributed by atoms with Crippen LogP contribution in [0.3, 0.4) is 0 Å². The molecular weight excluding hydrogens is 424 g/mol. The summed E-state index contributed by atoms with van der Waals surface area (Å²) in [4.78, 5) is 31.4. The molecule has 0 aliphatic carbocycles. The molecule has 1 saturated heterocycles. The van der Waals surface area contributed by atoms with Crippen molar-refractivity contribution in [3.8, 4) is 0 Å². The lowest BCUT2D eigenvalue weighted by Gasteiger charge is -2.16. The first kappa shape index (κ1) is 22.9. The fourth-order valence-electron chi connectivity index (χ4n) is 2.98. The van der Waals surface area contributed by atoms with Gasteiger partial charge in [0.2, 0.25) is 11.8 Å². The average Bonchev–Trinajstić information content (AvgIpc) is 2.99. The number of anilines is 1. The number of hydrogen-bond donors (Lipinski definition) is 1. The number of ether oxygens (including phenoxy) is 1. The van der Waals surface area contributed by atoms with Crippen molar-refractivity contribution in [3.63, 3.8) is 0 Å². The molecular formula is C22H23F2N3O3S. The maximum absolute atomic E-state index is 13.8. The van der Waals surface area contributed by atoms with Gasteiger partial charge in [-0.15, -0.1) is 0 Å². The normalized spacial score (nSPS) is 17.5. The number of amidine groups is 1. The topological polar surface area (TPSA) is 71.0 Å². The zero-order chi connectivity index (χ0) is 22.5. The minimum absolute atomic E-state index is 0.137. The van der Waals surface area contributed by atoms with E-state index in [1.54, 1.807) is 0 Å². The highest BCUT2D eigenvalue weighted by molar-refractivity contribution is 8.15. The van der Waals surface area contributed by atoms with Gasteiger partial charge in [-0.3, -0.25) is 14.5 Å². The fraction of sp³-hybridized carbons (Fsp3) is 0.318. The number of hydrogen-bond acceptors (Lipinski definition) is 5. The number of nitrogens with zero attached hydrogens (tertiary/aromatic N) is 2. The number of aryl methyl sites for hydroxylation is 2. The molecule has 0 aromatic heterocycles. The van der Waals surface area contributed by atoms with Gasteiger partial charge in [0.25, 0.3) is 0 Å². The lowest BCUT2D eigenvalue weighted by molar-refractivity contribution is -0.128. The quantitative estimate of drug-likeness (QED) is 0.691. The van der Waals surface area contributed by atoms with Crippen LogP contribution < -0.4 is 5.32 Å². The van der Waals surface area contributed by atoms with Crippen LogP contribution in [0.15, 0.2) is 41.4 Å². The van der Waals surface area contributed by atoms with Gasteiger partial charge in [-0.2, -0.15) is 0 Å². The molecule has 0 radical (unpaired) electrons. The molecule has 1 N–H and O–H groups in total. The Labute approximate surface area is 183 Å². The number of aliphatic imine (C=N–C) groups is 1. The number of carbonyl (C=O) groups excluding carboxylic acids is 2. The molecule has 3 rings (SSSR count). The highest BCUT2D eigenvalue weighted by Crippen LogP contribution is 2.32. The maximum atomic E-state index is 13.8. The van der Waals surface area contributed by atoms with Gasteiger partial charge in [0.05, 0.1) is 24.5 Å². The largest absolute Gasteiger partial charge is 0.383 e. The van der Waals surface area contributed by atoms with E-state index in [2.05, 4.69) is 10.3 Å². The second kappa shape index (κ2) is 10.0. The molecule has 31 heavy (non-hydrogen) atoms. The lowest BCUT2D eigenvalue weighted by Crippen LogP contribution is -2.35. The Morgan fingerprint density at radius 1 is 1.19 bits per heavy atom. The number of carbonyl (C=O) groups is 2. The van der Waals surface area contributed by atoms with Crippen molar-refractivity contribution >= 4 is 40.1 Å². The zero-order valence-electron chi connectivity index (χ0n) is 17.4. The van der Waals surface area contributed by atoms with Crippen LogP contribution in [0.5, 0.6) is 0 Å². The van der Waals surface area contributed by atoms with Gasteiger partial charge < -0.3 is 10.1 Å². The van der Waals surface area contributed by atoms with Crippen molar-refractivity contribution in [2.75, 3.05) is 25.6 Å². The number of halogens is 2. The van der Waals surface area contributed by atoms with Crippen LogP contribution in [0.2, 0.25) is 0 Å². The summed E-state index contributed by atoms with van der Waals surface area (Å²) in [6.07, 6.45) is -0.171. The van der Waals surface area contributed by atoms with Crippen LogP contribution in [0.25, 0.3) is 0 Å². The van der Waals surface area contributed by atoms with Crippen molar-refractivity contribution in [1.82, 2.24) is 4.90 Å². The molecule has 6 nitrogen and oxygen atoms in total. The number of thioether (sulfide) groups is 1. The molecule has 1 unspecified atom stereocenters. The number of nitrogens with one attached hydrogen (secondary N) is 1. The number of amides is 2. The Morgan fingerprint density at radius 3 is 2.65 bits per heavy atom. The van der Waals surface area contributed by atoms with E-state index in [-0.39, 0.29) is 18.0 Å². The van der Waals surface area contributed by atoms with Crippen molar-refractivity contribution in [1.29, 1.82) is 0 Å². The number of methoxy groups -OCH3 is 1. The Hall–Kier alpha value is -2.78. The van der Waals surface area contributed by atoms with E-state index in [4.69, 9.17) is 4.74 Å². The molecule has 1 heterocycles. The van der Waals surface area contributed by atoms with E-state index in [1.807, 2.05) is 32.0 Å². The van der Waals surface area contributed by atoms with Crippen LogP contribution in [0, 0.1) is 25.5 Å². The lowest BCUT2D eigenvalue weighted by atomic mass is 10.1. The Kier molecular flexibility index (Phi) is 7.40. The summed E-state index contributed by atoms with van der Waals surface area (Å²) in [5.74, 6) is -2.43. The third-order valence-corrected chi connectivity index (χ3v) is 6.01. The van der Waals surface area contributed by atoms with E-state index in [9.17, 15) is 18.4 Å². The van der Waals surface area contributed by atoms with Crippen LogP contribution in [-0.4, -0.2) is 47.4 Å². The molecule has 0 spiro atoms. The summed E-state index contributed by atoms with van der Waals surface area (Å²) in [7, 11) is 1.54. The molecule has 2 amide bonds. The molecule has 1 aliphatic heterocycles. The SMILES string of the molecule is COCCN1C(=O)C(CC(=O)Nc2ccc(F)cc2F)SC1=Nc1ccc(C)c(C)c1. The molecule has 9 heteroatoms. The number of benzene rings is 2. The van der Waals surface area contributed by atoms with Crippen LogP contribution in [0.4, 0.5) is 20.2 Å². The zero-order valence-corrected chi connectivity index (χ0v) is 18.3. The smallest absolute Gasteiger partial charge is 0.242 e. The third kappa shape index (κ3) is 5.68. The van der Waals surface area contributed by atoms with Gasteiger partial charge in [0.1, 0.15) is 16.9 Å². The third-order valence-electron chi connectivity index (χ3n) is 4.83. The average molecular weight is 448 g/mol. The Balaban J connectivity index is 1.76. The van der Waals surface area contributed by atoms with E-state index >= 15 is 0 Å². The molecule has 1 aliphatic rings. The summed E-state index contributed by atoms with van der Waals surface area (Å²) in [6, 6.07) is 8.63. The van der Waals surface area contributed by atoms with Gasteiger partial charge in [-0.05, 0) is 49.2 Å². The maximum Gasteiger partial charge on any atom is 0.242 e.